The molecule has 1 aliphatic heterocycles. The maximum absolute atomic E-state index is 13.9. The number of hydrogen-bond donors (Lipinski definition) is 1. The standard InChI is InChI=1S/C34H35N3O2/c1-21-10-9-13-27(22(21)2)37-33-31(32(36-37)25-11-7-6-8-12-25)29(24-16-14-23(15-17-24)20-39-5)30-26(35-33)18-34(3,4)19-28(30)38/h6-17,29,35H,18-20H2,1-5H3. The van der Waals surface area contributed by atoms with Crippen LogP contribution in [0.3, 0.4) is 0 Å². The molecule has 2 heterocycles. The van der Waals surface area contributed by atoms with Crippen molar-refractivity contribution in [1.82, 2.24) is 9.78 Å². The molecular formula is C34H35N3O2. The van der Waals surface area contributed by atoms with Gasteiger partial charge >= 0.3 is 0 Å². The van der Waals surface area contributed by atoms with Gasteiger partial charge in [-0.05, 0) is 54.0 Å². The summed E-state index contributed by atoms with van der Waals surface area (Å²) >= 11 is 0. The van der Waals surface area contributed by atoms with Crippen LogP contribution in [0, 0.1) is 19.3 Å². The van der Waals surface area contributed by atoms with E-state index in [2.05, 4.69) is 92.3 Å². The van der Waals surface area contributed by atoms with Crippen molar-refractivity contribution in [3.63, 3.8) is 0 Å². The first-order valence-corrected chi connectivity index (χ1v) is 13.6. The van der Waals surface area contributed by atoms with Gasteiger partial charge in [0.05, 0.1) is 18.0 Å². The van der Waals surface area contributed by atoms with Crippen molar-refractivity contribution in [2.75, 3.05) is 12.4 Å². The summed E-state index contributed by atoms with van der Waals surface area (Å²) in [7, 11) is 1.71. The van der Waals surface area contributed by atoms with Crippen LogP contribution in [0.25, 0.3) is 16.9 Å². The van der Waals surface area contributed by atoms with Gasteiger partial charge in [0.25, 0.3) is 0 Å². The number of carbonyl (C=O) groups is 1. The Balaban J connectivity index is 1.65. The minimum atomic E-state index is -0.217. The third kappa shape index (κ3) is 4.41. The van der Waals surface area contributed by atoms with E-state index in [1.807, 2.05) is 18.2 Å². The summed E-state index contributed by atoms with van der Waals surface area (Å²) in [6.07, 6.45) is 1.34. The van der Waals surface area contributed by atoms with E-state index in [1.165, 1.54) is 11.1 Å². The Morgan fingerprint density at radius 3 is 2.44 bits per heavy atom. The van der Waals surface area contributed by atoms with Gasteiger partial charge in [-0.15, -0.1) is 0 Å². The van der Waals surface area contributed by atoms with Gasteiger partial charge in [0.1, 0.15) is 5.82 Å². The van der Waals surface area contributed by atoms with E-state index in [9.17, 15) is 4.79 Å². The summed E-state index contributed by atoms with van der Waals surface area (Å²) in [5.74, 6) is 0.937. The molecule has 1 aromatic heterocycles. The van der Waals surface area contributed by atoms with Gasteiger partial charge in [-0.3, -0.25) is 4.79 Å². The van der Waals surface area contributed by atoms with Crippen LogP contribution in [-0.4, -0.2) is 22.7 Å². The molecule has 6 rings (SSSR count). The van der Waals surface area contributed by atoms with Crippen molar-refractivity contribution < 1.29 is 9.53 Å². The second kappa shape index (κ2) is 9.65. The highest BCUT2D eigenvalue weighted by Gasteiger charge is 2.43. The first-order chi connectivity index (χ1) is 18.8. The highest BCUT2D eigenvalue weighted by molar-refractivity contribution is 6.02. The van der Waals surface area contributed by atoms with Crippen LogP contribution in [-0.2, 0) is 16.1 Å². The second-order valence-corrected chi connectivity index (χ2v) is 11.7. The van der Waals surface area contributed by atoms with Gasteiger partial charge in [-0.2, -0.15) is 5.10 Å². The molecule has 198 valence electrons. The van der Waals surface area contributed by atoms with E-state index in [-0.39, 0.29) is 17.1 Å². The quantitative estimate of drug-likeness (QED) is 0.298. The Kier molecular flexibility index (Phi) is 6.27. The number of fused-ring (bicyclic) bond motifs is 1. The summed E-state index contributed by atoms with van der Waals surface area (Å²) in [5.41, 5.74) is 10.4. The Hall–Kier alpha value is -3.96. The van der Waals surface area contributed by atoms with Crippen LogP contribution in [0.2, 0.25) is 0 Å². The van der Waals surface area contributed by atoms with Crippen molar-refractivity contribution in [3.05, 3.63) is 112 Å². The molecule has 5 nitrogen and oxygen atoms in total. The Bertz CT molecular complexity index is 1590. The van der Waals surface area contributed by atoms with Crippen molar-refractivity contribution in [1.29, 1.82) is 0 Å². The molecular weight excluding hydrogens is 482 g/mol. The maximum Gasteiger partial charge on any atom is 0.162 e. The molecule has 1 unspecified atom stereocenters. The monoisotopic (exact) mass is 517 g/mol. The van der Waals surface area contributed by atoms with Crippen molar-refractivity contribution >= 4 is 11.6 Å². The van der Waals surface area contributed by atoms with E-state index in [4.69, 9.17) is 9.84 Å². The Labute approximate surface area is 230 Å². The molecule has 5 heteroatoms. The van der Waals surface area contributed by atoms with Crippen LogP contribution in [0.15, 0.2) is 84.1 Å². The fourth-order valence-electron chi connectivity index (χ4n) is 6.15. The third-order valence-corrected chi connectivity index (χ3v) is 8.16. The number of aromatic nitrogens is 2. The van der Waals surface area contributed by atoms with E-state index >= 15 is 0 Å². The van der Waals surface area contributed by atoms with Gasteiger partial charge in [-0.1, -0.05) is 80.6 Å². The zero-order valence-electron chi connectivity index (χ0n) is 23.3. The number of methoxy groups -OCH3 is 1. The van der Waals surface area contributed by atoms with Crippen LogP contribution < -0.4 is 5.32 Å². The number of allylic oxidation sites excluding steroid dienone is 2. The van der Waals surface area contributed by atoms with Crippen LogP contribution in [0.5, 0.6) is 0 Å². The lowest BCUT2D eigenvalue weighted by Gasteiger charge is -2.39. The maximum atomic E-state index is 13.9. The molecule has 2 aliphatic rings. The summed E-state index contributed by atoms with van der Waals surface area (Å²) < 4.78 is 7.42. The van der Waals surface area contributed by atoms with Gasteiger partial charge in [0.15, 0.2) is 5.78 Å². The first-order valence-electron chi connectivity index (χ1n) is 13.6. The average Bonchev–Trinajstić information content (AvgIpc) is 3.28. The van der Waals surface area contributed by atoms with Gasteiger partial charge < -0.3 is 10.1 Å². The second-order valence-electron chi connectivity index (χ2n) is 11.7. The van der Waals surface area contributed by atoms with Crippen LogP contribution in [0.4, 0.5) is 5.82 Å². The van der Waals surface area contributed by atoms with Gasteiger partial charge in [0.2, 0.25) is 0 Å². The smallest absolute Gasteiger partial charge is 0.162 e. The summed E-state index contributed by atoms with van der Waals surface area (Å²) in [5, 5.41) is 9.03. The zero-order chi connectivity index (χ0) is 27.3. The number of Topliss-reactive ketones (excluding diaryl/α,β-unsaturated/α-hetero) is 1. The molecule has 0 fully saturated rings. The minimum absolute atomic E-state index is 0.111. The zero-order valence-corrected chi connectivity index (χ0v) is 23.3. The predicted molar refractivity (Wildman–Crippen MR) is 156 cm³/mol. The van der Waals surface area contributed by atoms with E-state index in [0.29, 0.717) is 13.0 Å². The van der Waals surface area contributed by atoms with Crippen LogP contribution in [0.1, 0.15) is 60.4 Å². The molecule has 4 aromatic rings. The number of rotatable bonds is 5. The molecule has 0 saturated heterocycles. The van der Waals surface area contributed by atoms with Gasteiger partial charge in [-0.25, -0.2) is 4.68 Å². The molecule has 39 heavy (non-hydrogen) atoms. The number of nitrogens with zero attached hydrogens (tertiary/aromatic N) is 2. The summed E-state index contributed by atoms with van der Waals surface area (Å²) in [6, 6.07) is 25.2. The first kappa shape index (κ1) is 25.3. The van der Waals surface area contributed by atoms with Crippen molar-refractivity contribution in [2.24, 2.45) is 5.41 Å². The minimum Gasteiger partial charge on any atom is -0.380 e. The number of anilines is 1. The normalized spacial score (nSPS) is 18.0. The molecule has 0 radical (unpaired) electrons. The number of ketones is 1. The Morgan fingerprint density at radius 1 is 0.974 bits per heavy atom. The fraction of sp³-hybridized carbons (Fsp3) is 0.294. The molecule has 1 N–H and O–H groups in total. The summed E-state index contributed by atoms with van der Waals surface area (Å²) in [6.45, 7) is 9.19. The van der Waals surface area contributed by atoms with E-state index in [0.717, 1.165) is 57.1 Å². The molecule has 0 saturated carbocycles. The molecule has 1 aliphatic carbocycles. The third-order valence-electron chi connectivity index (χ3n) is 8.16. The lowest BCUT2D eigenvalue weighted by Crippen LogP contribution is -2.34. The average molecular weight is 518 g/mol. The van der Waals surface area contributed by atoms with E-state index < -0.39 is 0 Å². The number of aryl methyl sites for hydroxylation is 1. The largest absolute Gasteiger partial charge is 0.380 e. The Morgan fingerprint density at radius 2 is 1.72 bits per heavy atom. The van der Waals surface area contributed by atoms with Crippen molar-refractivity contribution in [2.45, 2.75) is 53.1 Å². The number of hydrogen-bond acceptors (Lipinski definition) is 4. The highest BCUT2D eigenvalue weighted by atomic mass is 16.5. The number of ether oxygens (including phenoxy) is 1. The molecule has 3 aromatic carbocycles. The summed E-state index contributed by atoms with van der Waals surface area (Å²) in [4.78, 5) is 13.9. The topological polar surface area (TPSA) is 56.1 Å². The number of nitrogens with one attached hydrogen (secondary N) is 1. The SMILES string of the molecule is COCc1ccc(C2C3=C(CC(C)(C)CC3=O)Nc3c2c(-c2ccccc2)nn3-c2cccc(C)c2C)cc1. The highest BCUT2D eigenvalue weighted by Crippen LogP contribution is 2.52. The lowest BCUT2D eigenvalue weighted by atomic mass is 9.69. The molecule has 0 amide bonds. The lowest BCUT2D eigenvalue weighted by molar-refractivity contribution is -0.118. The molecule has 0 bridgehead atoms. The number of benzene rings is 3. The predicted octanol–water partition coefficient (Wildman–Crippen LogP) is 7.50. The molecule has 0 spiro atoms. The molecule has 1 atom stereocenters. The van der Waals surface area contributed by atoms with E-state index in [1.54, 1.807) is 7.11 Å². The van der Waals surface area contributed by atoms with Crippen LogP contribution >= 0.6 is 0 Å². The van der Waals surface area contributed by atoms with Gasteiger partial charge in [0, 0.05) is 41.8 Å². The van der Waals surface area contributed by atoms with Crippen molar-refractivity contribution in [3.8, 4) is 16.9 Å². The number of carbonyl (C=O) groups excluding carboxylic acids is 1. The fourth-order valence-corrected chi connectivity index (χ4v) is 6.15.